The standard InChI is InChI=1S/C25H21F3N2O3/c1-2-4-19-9-10-20(24(31)29-30-32)15-21(19)13-17-7-11-23(12-8-17)33-16-18-5-3-6-22(14-18)25(26,27)28/h2-12,14-15H,13,16H2,1H3,(H,29,31,32)/b4-2-. The van der Waals surface area contributed by atoms with E-state index in [1.807, 2.05) is 36.6 Å². The molecule has 0 unspecified atom stereocenters. The van der Waals surface area contributed by atoms with Gasteiger partial charge in [0.25, 0.3) is 5.91 Å². The fraction of sp³-hybridized carbons (Fsp3) is 0.160. The predicted octanol–water partition coefficient (Wildman–Crippen LogP) is 6.32. The van der Waals surface area contributed by atoms with Crippen LogP contribution in [0.1, 0.15) is 45.1 Å². The number of ether oxygens (including phenoxy) is 1. The molecule has 0 bridgehead atoms. The summed E-state index contributed by atoms with van der Waals surface area (Å²) in [6.07, 6.45) is -0.0771. The topological polar surface area (TPSA) is 67.8 Å². The number of rotatable bonds is 8. The SMILES string of the molecule is C/C=C\c1ccc(C(=O)NN=O)cc1Cc1ccc(OCc2cccc(C(F)(F)F)c2)cc1. The number of nitrogens with zero attached hydrogens (tertiary/aromatic N) is 1. The molecule has 3 rings (SSSR count). The van der Waals surface area contributed by atoms with Gasteiger partial charge < -0.3 is 4.74 Å². The highest BCUT2D eigenvalue weighted by atomic mass is 19.4. The Morgan fingerprint density at radius 2 is 1.79 bits per heavy atom. The first-order chi connectivity index (χ1) is 15.8. The first-order valence-corrected chi connectivity index (χ1v) is 10.1. The Hall–Kier alpha value is -3.94. The minimum absolute atomic E-state index is 0.0105. The van der Waals surface area contributed by atoms with Gasteiger partial charge >= 0.3 is 6.18 Å². The summed E-state index contributed by atoms with van der Waals surface area (Å²) in [6.45, 7) is 1.90. The second kappa shape index (κ2) is 10.6. The second-order valence-corrected chi connectivity index (χ2v) is 7.25. The van der Waals surface area contributed by atoms with Crippen LogP contribution in [0.3, 0.4) is 0 Å². The summed E-state index contributed by atoms with van der Waals surface area (Å²) in [5.74, 6) is -0.0633. The van der Waals surface area contributed by atoms with Crippen LogP contribution in [0.4, 0.5) is 13.2 Å². The van der Waals surface area contributed by atoms with E-state index in [1.54, 1.807) is 36.4 Å². The maximum Gasteiger partial charge on any atom is 0.416 e. The molecule has 0 atom stereocenters. The maximum absolute atomic E-state index is 12.9. The van der Waals surface area contributed by atoms with E-state index in [1.165, 1.54) is 6.07 Å². The molecule has 3 aromatic rings. The summed E-state index contributed by atoms with van der Waals surface area (Å²) in [5.41, 5.74) is 4.66. The molecular formula is C25H21F3N2O3. The van der Waals surface area contributed by atoms with Crippen LogP contribution in [0.5, 0.6) is 5.75 Å². The monoisotopic (exact) mass is 454 g/mol. The molecule has 0 saturated carbocycles. The Balaban J connectivity index is 1.71. The van der Waals surface area contributed by atoms with E-state index in [-0.39, 0.29) is 6.61 Å². The number of benzene rings is 3. The molecule has 8 heteroatoms. The Kier molecular flexibility index (Phi) is 7.61. The molecule has 0 saturated heterocycles. The van der Waals surface area contributed by atoms with E-state index in [0.29, 0.717) is 23.3 Å². The van der Waals surface area contributed by atoms with E-state index in [2.05, 4.69) is 5.29 Å². The molecule has 0 spiro atoms. The van der Waals surface area contributed by atoms with Crippen LogP contribution in [-0.4, -0.2) is 5.91 Å². The fourth-order valence-electron chi connectivity index (χ4n) is 3.28. The molecule has 3 aromatic carbocycles. The quantitative estimate of drug-likeness (QED) is 0.320. The zero-order valence-electron chi connectivity index (χ0n) is 17.7. The Morgan fingerprint density at radius 3 is 2.45 bits per heavy atom. The highest BCUT2D eigenvalue weighted by molar-refractivity contribution is 5.94. The Morgan fingerprint density at radius 1 is 1.03 bits per heavy atom. The van der Waals surface area contributed by atoms with E-state index in [4.69, 9.17) is 4.74 Å². The van der Waals surface area contributed by atoms with Crippen molar-refractivity contribution in [3.8, 4) is 5.75 Å². The largest absolute Gasteiger partial charge is 0.489 e. The van der Waals surface area contributed by atoms with Crippen molar-refractivity contribution < 1.29 is 22.7 Å². The third-order valence-corrected chi connectivity index (χ3v) is 4.88. The average Bonchev–Trinajstić information content (AvgIpc) is 2.79. The summed E-state index contributed by atoms with van der Waals surface area (Å²) >= 11 is 0. The molecule has 170 valence electrons. The van der Waals surface area contributed by atoms with Crippen LogP contribution < -0.4 is 10.2 Å². The van der Waals surface area contributed by atoms with Crippen molar-refractivity contribution >= 4 is 12.0 Å². The highest BCUT2D eigenvalue weighted by Gasteiger charge is 2.30. The van der Waals surface area contributed by atoms with Crippen molar-refractivity contribution in [1.29, 1.82) is 0 Å². The normalized spacial score (nSPS) is 11.4. The zero-order valence-corrected chi connectivity index (χ0v) is 17.7. The van der Waals surface area contributed by atoms with Gasteiger partial charge in [0.1, 0.15) is 12.4 Å². The molecule has 0 aliphatic rings. The molecule has 5 nitrogen and oxygen atoms in total. The first-order valence-electron chi connectivity index (χ1n) is 10.1. The van der Waals surface area contributed by atoms with Gasteiger partial charge in [0.05, 0.1) is 10.8 Å². The zero-order chi connectivity index (χ0) is 23.8. The minimum atomic E-state index is -4.40. The van der Waals surface area contributed by atoms with Crippen molar-refractivity contribution in [3.63, 3.8) is 0 Å². The molecular weight excluding hydrogens is 433 g/mol. The molecule has 0 aliphatic carbocycles. The van der Waals surface area contributed by atoms with E-state index >= 15 is 0 Å². The molecule has 0 heterocycles. The second-order valence-electron chi connectivity index (χ2n) is 7.25. The van der Waals surface area contributed by atoms with Gasteiger partial charge in [0.15, 0.2) is 0 Å². The van der Waals surface area contributed by atoms with E-state index in [9.17, 15) is 22.9 Å². The van der Waals surface area contributed by atoms with Gasteiger partial charge in [-0.1, -0.05) is 42.5 Å². The first kappa shape index (κ1) is 23.7. The lowest BCUT2D eigenvalue weighted by Gasteiger charge is -2.11. The van der Waals surface area contributed by atoms with Gasteiger partial charge in [0.2, 0.25) is 0 Å². The summed E-state index contributed by atoms with van der Waals surface area (Å²) in [7, 11) is 0. The maximum atomic E-state index is 12.9. The molecule has 33 heavy (non-hydrogen) atoms. The highest BCUT2D eigenvalue weighted by Crippen LogP contribution is 2.30. The van der Waals surface area contributed by atoms with Crippen LogP contribution in [-0.2, 0) is 19.2 Å². The number of amides is 1. The van der Waals surface area contributed by atoms with Crippen LogP contribution in [0.15, 0.2) is 78.1 Å². The smallest absolute Gasteiger partial charge is 0.416 e. The third kappa shape index (κ3) is 6.52. The fourth-order valence-corrected chi connectivity index (χ4v) is 3.28. The lowest BCUT2D eigenvalue weighted by Crippen LogP contribution is -2.16. The number of halogens is 3. The van der Waals surface area contributed by atoms with Gasteiger partial charge in [-0.25, -0.2) is 5.43 Å². The summed E-state index contributed by atoms with van der Waals surface area (Å²) in [5, 5.41) is 2.42. The van der Waals surface area contributed by atoms with Crippen molar-refractivity contribution in [1.82, 2.24) is 5.43 Å². The van der Waals surface area contributed by atoms with Gasteiger partial charge in [-0.2, -0.15) is 13.2 Å². The van der Waals surface area contributed by atoms with Gasteiger partial charge in [-0.15, -0.1) is 4.91 Å². The molecule has 0 fully saturated rings. The van der Waals surface area contributed by atoms with Gasteiger partial charge in [-0.05, 0) is 72.0 Å². The number of nitrogens with one attached hydrogen (secondary N) is 1. The van der Waals surface area contributed by atoms with Crippen molar-refractivity contribution in [3.05, 3.63) is 111 Å². The summed E-state index contributed by atoms with van der Waals surface area (Å²) in [4.78, 5) is 22.2. The Labute approximate surface area is 188 Å². The van der Waals surface area contributed by atoms with Gasteiger partial charge in [0, 0.05) is 5.56 Å². The predicted molar refractivity (Wildman–Crippen MR) is 119 cm³/mol. The molecule has 0 aromatic heterocycles. The molecule has 1 N–H and O–H groups in total. The number of nitroso groups, excluding NO2 is 1. The van der Waals surface area contributed by atoms with Crippen LogP contribution >= 0.6 is 0 Å². The Bertz CT molecular complexity index is 1160. The minimum Gasteiger partial charge on any atom is -0.489 e. The van der Waals surface area contributed by atoms with E-state index < -0.39 is 17.6 Å². The number of hydrogen-bond donors (Lipinski definition) is 1. The number of carbonyl (C=O) groups is 1. The number of alkyl halides is 3. The molecule has 0 aliphatic heterocycles. The lowest BCUT2D eigenvalue weighted by atomic mass is 9.97. The molecule has 1 amide bonds. The number of allylic oxidation sites excluding steroid dienone is 1. The van der Waals surface area contributed by atoms with Crippen molar-refractivity contribution in [2.45, 2.75) is 26.1 Å². The van der Waals surface area contributed by atoms with Crippen LogP contribution in [0, 0.1) is 4.91 Å². The summed E-state index contributed by atoms with van der Waals surface area (Å²) in [6, 6.07) is 17.3. The van der Waals surface area contributed by atoms with Crippen LogP contribution in [0.25, 0.3) is 6.08 Å². The van der Waals surface area contributed by atoms with E-state index in [0.717, 1.165) is 28.8 Å². The van der Waals surface area contributed by atoms with Crippen LogP contribution in [0.2, 0.25) is 0 Å². The van der Waals surface area contributed by atoms with Gasteiger partial charge in [-0.3, -0.25) is 4.79 Å². The van der Waals surface area contributed by atoms with Crippen molar-refractivity contribution in [2.75, 3.05) is 0 Å². The summed E-state index contributed by atoms with van der Waals surface area (Å²) < 4.78 is 44.2. The number of carbonyl (C=O) groups excluding carboxylic acids is 1. The average molecular weight is 454 g/mol. The number of hydrogen-bond acceptors (Lipinski definition) is 4. The lowest BCUT2D eigenvalue weighted by molar-refractivity contribution is -0.137. The third-order valence-electron chi connectivity index (χ3n) is 4.88. The molecule has 0 radical (unpaired) electrons. The van der Waals surface area contributed by atoms with Crippen molar-refractivity contribution in [2.24, 2.45) is 5.29 Å².